The van der Waals surface area contributed by atoms with Crippen molar-refractivity contribution >= 4 is 34.9 Å². The number of halogens is 2. The van der Waals surface area contributed by atoms with Crippen LogP contribution in [-0.2, 0) is 6.61 Å². The summed E-state index contributed by atoms with van der Waals surface area (Å²) < 4.78 is 5.88. The monoisotopic (exact) mass is 484 g/mol. The fourth-order valence-electron chi connectivity index (χ4n) is 3.76. The molecule has 0 spiro atoms. The number of benzene rings is 2. The number of rotatable bonds is 6. The van der Waals surface area contributed by atoms with E-state index in [1.807, 2.05) is 36.4 Å². The molecule has 1 aliphatic rings. The maximum absolute atomic E-state index is 12.6. The second kappa shape index (κ2) is 10.4. The molecule has 1 aliphatic heterocycles. The number of amides is 1. The first-order chi connectivity index (χ1) is 15.9. The van der Waals surface area contributed by atoms with Gasteiger partial charge in [-0.05, 0) is 68.9 Å². The summed E-state index contributed by atoms with van der Waals surface area (Å²) in [7, 11) is 2.10. The summed E-state index contributed by atoms with van der Waals surface area (Å²) in [4.78, 5) is 19.2. The highest BCUT2D eigenvalue weighted by Crippen LogP contribution is 2.29. The molecular formula is C25H26Cl2N4O2. The van der Waals surface area contributed by atoms with Gasteiger partial charge in [0.05, 0.1) is 0 Å². The Balaban J connectivity index is 1.42. The second-order valence-electron chi connectivity index (χ2n) is 8.26. The van der Waals surface area contributed by atoms with Crippen molar-refractivity contribution < 1.29 is 9.53 Å². The summed E-state index contributed by atoms with van der Waals surface area (Å²) in [5.41, 5.74) is 9.19. The number of nitrogens with one attached hydrogen (secondary N) is 1. The van der Waals surface area contributed by atoms with E-state index in [4.69, 9.17) is 33.7 Å². The number of piperidine rings is 1. The summed E-state index contributed by atoms with van der Waals surface area (Å²) in [5.74, 6) is 0.705. The van der Waals surface area contributed by atoms with Crippen molar-refractivity contribution in [3.63, 3.8) is 0 Å². The molecule has 2 heterocycles. The predicted octanol–water partition coefficient (Wildman–Crippen LogP) is 5.04. The van der Waals surface area contributed by atoms with E-state index in [0.717, 1.165) is 42.6 Å². The molecule has 0 unspecified atom stereocenters. The maximum Gasteiger partial charge on any atom is 0.251 e. The highest BCUT2D eigenvalue weighted by molar-refractivity contribution is 6.35. The number of aromatic nitrogens is 1. The third kappa shape index (κ3) is 5.96. The lowest BCUT2D eigenvalue weighted by molar-refractivity contribution is 0.0917. The lowest BCUT2D eigenvalue weighted by atomic mass is 10.0. The standard InChI is InChI=1S/C25H26Cl2N4O2/c1-31-10-8-21(9-11-31)30-25(32)17-4-2-16(3-5-17)19-12-23(24(28)29-14-19)33-15-18-6-7-20(26)13-22(18)27/h2-7,12-14,21H,8-11,15H2,1H3,(H2,28,29)(H,30,32). The largest absolute Gasteiger partial charge is 0.485 e. The van der Waals surface area contributed by atoms with Crippen LogP contribution in [0.3, 0.4) is 0 Å². The van der Waals surface area contributed by atoms with E-state index in [0.29, 0.717) is 21.4 Å². The molecule has 1 amide bonds. The Morgan fingerprint density at radius 3 is 2.55 bits per heavy atom. The van der Waals surface area contributed by atoms with Crippen molar-refractivity contribution in [3.8, 4) is 16.9 Å². The molecule has 0 aliphatic carbocycles. The van der Waals surface area contributed by atoms with Crippen LogP contribution in [-0.4, -0.2) is 42.0 Å². The van der Waals surface area contributed by atoms with Crippen LogP contribution in [0, 0.1) is 0 Å². The molecular weight excluding hydrogens is 459 g/mol. The molecule has 0 radical (unpaired) electrons. The van der Waals surface area contributed by atoms with Crippen molar-refractivity contribution in [2.45, 2.75) is 25.5 Å². The molecule has 1 aromatic heterocycles. The fourth-order valence-corrected chi connectivity index (χ4v) is 4.22. The van der Waals surface area contributed by atoms with Crippen molar-refractivity contribution in [1.29, 1.82) is 0 Å². The van der Waals surface area contributed by atoms with Crippen LogP contribution in [0.1, 0.15) is 28.8 Å². The number of likely N-dealkylation sites (tertiary alicyclic amines) is 1. The zero-order valence-electron chi connectivity index (χ0n) is 18.4. The van der Waals surface area contributed by atoms with Crippen LogP contribution in [0.5, 0.6) is 5.75 Å². The second-order valence-corrected chi connectivity index (χ2v) is 9.10. The van der Waals surface area contributed by atoms with E-state index in [2.05, 4.69) is 22.2 Å². The van der Waals surface area contributed by atoms with E-state index in [1.165, 1.54) is 0 Å². The fraction of sp³-hybridized carbons (Fsp3) is 0.280. The molecule has 0 atom stereocenters. The SMILES string of the molecule is CN1CCC(NC(=O)c2ccc(-c3cnc(N)c(OCc4ccc(Cl)cc4Cl)c3)cc2)CC1. The molecule has 0 saturated carbocycles. The maximum atomic E-state index is 12.6. The van der Waals surface area contributed by atoms with Gasteiger partial charge in [-0.25, -0.2) is 4.98 Å². The van der Waals surface area contributed by atoms with Gasteiger partial charge >= 0.3 is 0 Å². The molecule has 4 rings (SSSR count). The Morgan fingerprint density at radius 2 is 1.85 bits per heavy atom. The predicted molar refractivity (Wildman–Crippen MR) is 133 cm³/mol. The number of hydrogen-bond acceptors (Lipinski definition) is 5. The Labute approximate surface area is 203 Å². The summed E-state index contributed by atoms with van der Waals surface area (Å²) in [6.07, 6.45) is 3.63. The Bertz CT molecular complexity index is 1130. The molecule has 1 fully saturated rings. The van der Waals surface area contributed by atoms with Gasteiger partial charge in [-0.1, -0.05) is 41.4 Å². The third-order valence-corrected chi connectivity index (χ3v) is 6.40. The van der Waals surface area contributed by atoms with Gasteiger partial charge < -0.3 is 20.7 Å². The first-order valence-corrected chi connectivity index (χ1v) is 11.6. The number of nitrogen functional groups attached to an aromatic ring is 1. The Kier molecular flexibility index (Phi) is 7.38. The number of nitrogens with two attached hydrogens (primary N) is 1. The van der Waals surface area contributed by atoms with Crippen LogP contribution < -0.4 is 15.8 Å². The zero-order chi connectivity index (χ0) is 23.4. The van der Waals surface area contributed by atoms with Gasteiger partial charge in [-0.3, -0.25) is 4.79 Å². The van der Waals surface area contributed by atoms with Crippen molar-refractivity contribution in [2.75, 3.05) is 25.9 Å². The van der Waals surface area contributed by atoms with Gasteiger partial charge in [0.25, 0.3) is 5.91 Å². The van der Waals surface area contributed by atoms with Crippen molar-refractivity contribution in [2.24, 2.45) is 0 Å². The zero-order valence-corrected chi connectivity index (χ0v) is 19.9. The van der Waals surface area contributed by atoms with Gasteiger partial charge in [0.2, 0.25) is 0 Å². The minimum Gasteiger partial charge on any atom is -0.485 e. The first kappa shape index (κ1) is 23.4. The molecule has 0 bridgehead atoms. The number of carbonyl (C=O) groups excluding carboxylic acids is 1. The normalized spacial score (nSPS) is 14.8. The van der Waals surface area contributed by atoms with Crippen molar-refractivity contribution in [3.05, 3.63) is 75.9 Å². The number of ether oxygens (including phenoxy) is 1. The molecule has 8 heteroatoms. The van der Waals surface area contributed by atoms with Crippen LogP contribution in [0.25, 0.3) is 11.1 Å². The van der Waals surface area contributed by atoms with Gasteiger partial charge in [0.1, 0.15) is 6.61 Å². The third-order valence-electron chi connectivity index (χ3n) is 5.81. The lowest BCUT2D eigenvalue weighted by Gasteiger charge is -2.29. The molecule has 6 nitrogen and oxygen atoms in total. The Morgan fingerprint density at radius 1 is 1.12 bits per heavy atom. The van der Waals surface area contributed by atoms with Gasteiger partial charge in [-0.15, -0.1) is 0 Å². The smallest absolute Gasteiger partial charge is 0.251 e. The number of pyridine rings is 1. The molecule has 3 aromatic rings. The van der Waals surface area contributed by atoms with E-state index in [1.54, 1.807) is 18.3 Å². The molecule has 33 heavy (non-hydrogen) atoms. The molecule has 172 valence electrons. The van der Waals surface area contributed by atoms with E-state index in [9.17, 15) is 4.79 Å². The summed E-state index contributed by atoms with van der Waals surface area (Å²) >= 11 is 12.2. The average molecular weight is 485 g/mol. The van der Waals surface area contributed by atoms with Gasteiger partial charge in [0, 0.05) is 39.0 Å². The summed E-state index contributed by atoms with van der Waals surface area (Å²) in [6, 6.07) is 14.7. The van der Waals surface area contributed by atoms with Gasteiger partial charge in [0.15, 0.2) is 11.6 Å². The molecule has 2 aromatic carbocycles. The van der Waals surface area contributed by atoms with E-state index < -0.39 is 0 Å². The van der Waals surface area contributed by atoms with E-state index in [-0.39, 0.29) is 24.4 Å². The van der Waals surface area contributed by atoms with Crippen LogP contribution in [0.4, 0.5) is 5.82 Å². The van der Waals surface area contributed by atoms with Crippen molar-refractivity contribution in [1.82, 2.24) is 15.2 Å². The first-order valence-electron chi connectivity index (χ1n) is 10.8. The molecule has 3 N–H and O–H groups in total. The van der Waals surface area contributed by atoms with Crippen LogP contribution in [0.2, 0.25) is 10.0 Å². The Hall–Kier alpha value is -2.80. The van der Waals surface area contributed by atoms with Gasteiger partial charge in [-0.2, -0.15) is 0 Å². The minimum atomic E-state index is -0.0459. The van der Waals surface area contributed by atoms with Crippen LogP contribution in [0.15, 0.2) is 54.7 Å². The quantitative estimate of drug-likeness (QED) is 0.512. The number of anilines is 1. The average Bonchev–Trinajstić information content (AvgIpc) is 2.81. The summed E-state index contributed by atoms with van der Waals surface area (Å²) in [6.45, 7) is 2.24. The minimum absolute atomic E-state index is 0.0459. The summed E-state index contributed by atoms with van der Waals surface area (Å²) in [5, 5.41) is 4.23. The molecule has 1 saturated heterocycles. The van der Waals surface area contributed by atoms with E-state index >= 15 is 0 Å². The highest BCUT2D eigenvalue weighted by atomic mass is 35.5. The highest BCUT2D eigenvalue weighted by Gasteiger charge is 2.19. The topological polar surface area (TPSA) is 80.5 Å². The number of nitrogens with zero attached hydrogens (tertiary/aromatic N) is 2. The lowest BCUT2D eigenvalue weighted by Crippen LogP contribution is -2.43. The number of carbonyl (C=O) groups is 1. The number of hydrogen-bond donors (Lipinski definition) is 2. The van der Waals surface area contributed by atoms with Crippen LogP contribution >= 0.6 is 23.2 Å².